The third-order valence-corrected chi connectivity index (χ3v) is 5.01. The van der Waals surface area contributed by atoms with Gasteiger partial charge in [0.15, 0.2) is 0 Å². The maximum Gasteiger partial charge on any atom is 0.257 e. The maximum absolute atomic E-state index is 12.9. The van der Waals surface area contributed by atoms with Crippen LogP contribution in [0.2, 0.25) is 0 Å². The van der Waals surface area contributed by atoms with E-state index < -0.39 is 0 Å². The van der Waals surface area contributed by atoms with Crippen molar-refractivity contribution in [2.24, 2.45) is 0 Å². The first-order valence-corrected chi connectivity index (χ1v) is 8.96. The summed E-state index contributed by atoms with van der Waals surface area (Å²) in [6, 6.07) is 15.0. The zero-order valence-electron chi connectivity index (χ0n) is 15.1. The Morgan fingerprint density at radius 2 is 1.44 bits per heavy atom. The molecule has 1 aromatic heterocycles. The monoisotopic (exact) mass is 363 g/mol. The molecule has 3 aromatic rings. The van der Waals surface area contributed by atoms with Gasteiger partial charge in [0.25, 0.3) is 11.8 Å². The third kappa shape index (κ3) is 3.14. The van der Waals surface area contributed by atoms with Crippen molar-refractivity contribution in [3.05, 3.63) is 65.9 Å². The van der Waals surface area contributed by atoms with Crippen LogP contribution < -0.4 is 4.74 Å². The number of piperazine rings is 1. The number of rotatable bonds is 3. The second-order valence-electron chi connectivity index (χ2n) is 6.53. The Morgan fingerprint density at radius 1 is 0.852 bits per heavy atom. The normalized spacial score (nSPS) is 14.4. The number of ether oxygens (including phenoxy) is 1. The van der Waals surface area contributed by atoms with Gasteiger partial charge in [-0.3, -0.25) is 9.59 Å². The Morgan fingerprint density at radius 3 is 2.15 bits per heavy atom. The lowest BCUT2D eigenvalue weighted by Crippen LogP contribution is -2.50. The number of aromatic nitrogens is 1. The predicted molar refractivity (Wildman–Crippen MR) is 103 cm³/mol. The van der Waals surface area contributed by atoms with Gasteiger partial charge in [-0.15, -0.1) is 0 Å². The van der Waals surface area contributed by atoms with Crippen LogP contribution in [-0.4, -0.2) is 59.9 Å². The van der Waals surface area contributed by atoms with Crippen molar-refractivity contribution in [3.8, 4) is 5.75 Å². The number of methoxy groups -OCH3 is 1. The predicted octanol–water partition coefficient (Wildman–Crippen LogP) is 2.77. The number of nitrogens with one attached hydrogen (secondary N) is 1. The van der Waals surface area contributed by atoms with E-state index in [-0.39, 0.29) is 11.8 Å². The highest BCUT2D eigenvalue weighted by molar-refractivity contribution is 6.06. The molecule has 0 spiro atoms. The summed E-state index contributed by atoms with van der Waals surface area (Å²) in [6.07, 6.45) is 1.76. The van der Waals surface area contributed by atoms with E-state index >= 15 is 0 Å². The lowest BCUT2D eigenvalue weighted by Gasteiger charge is -2.35. The van der Waals surface area contributed by atoms with E-state index in [2.05, 4.69) is 4.98 Å². The van der Waals surface area contributed by atoms with Gasteiger partial charge in [-0.1, -0.05) is 30.3 Å². The summed E-state index contributed by atoms with van der Waals surface area (Å²) in [7, 11) is 1.56. The molecule has 1 N–H and O–H groups in total. The molecule has 6 nitrogen and oxygen atoms in total. The Balaban J connectivity index is 1.46. The van der Waals surface area contributed by atoms with E-state index in [4.69, 9.17) is 4.74 Å². The van der Waals surface area contributed by atoms with Gasteiger partial charge in [0, 0.05) is 43.3 Å². The topological polar surface area (TPSA) is 65.6 Å². The van der Waals surface area contributed by atoms with Crippen LogP contribution in [0.5, 0.6) is 5.75 Å². The Kier molecular flexibility index (Phi) is 4.54. The molecule has 0 atom stereocenters. The average Bonchev–Trinajstić information content (AvgIpc) is 3.17. The smallest absolute Gasteiger partial charge is 0.257 e. The molecular formula is C21H21N3O3. The molecule has 6 heteroatoms. The molecule has 0 unspecified atom stereocenters. The number of hydrogen-bond donors (Lipinski definition) is 1. The van der Waals surface area contributed by atoms with Gasteiger partial charge in [0.2, 0.25) is 0 Å². The highest BCUT2D eigenvalue weighted by atomic mass is 16.5. The lowest BCUT2D eigenvalue weighted by molar-refractivity contribution is 0.0534. The quantitative estimate of drug-likeness (QED) is 0.778. The summed E-state index contributed by atoms with van der Waals surface area (Å²) in [5.41, 5.74) is 2.18. The van der Waals surface area contributed by atoms with Gasteiger partial charge in [-0.2, -0.15) is 0 Å². The zero-order valence-corrected chi connectivity index (χ0v) is 15.1. The van der Waals surface area contributed by atoms with Gasteiger partial charge in [0.1, 0.15) is 5.75 Å². The lowest BCUT2D eigenvalue weighted by atomic mass is 10.1. The molecule has 0 saturated carbocycles. The molecular weight excluding hydrogens is 342 g/mol. The van der Waals surface area contributed by atoms with Crippen LogP contribution in [0, 0.1) is 0 Å². The van der Waals surface area contributed by atoms with Gasteiger partial charge in [0.05, 0.1) is 18.2 Å². The molecule has 2 aromatic carbocycles. The Labute approximate surface area is 157 Å². The number of carbonyl (C=O) groups excluding carboxylic acids is 2. The Bertz CT molecular complexity index is 987. The molecule has 27 heavy (non-hydrogen) atoms. The minimum atomic E-state index is -0.0633. The number of hydrogen-bond acceptors (Lipinski definition) is 3. The van der Waals surface area contributed by atoms with Crippen molar-refractivity contribution in [2.75, 3.05) is 33.3 Å². The Hall–Kier alpha value is -3.28. The fraction of sp³-hybridized carbons (Fsp3) is 0.238. The van der Waals surface area contributed by atoms with Crippen LogP contribution in [0.25, 0.3) is 10.9 Å². The van der Waals surface area contributed by atoms with E-state index in [9.17, 15) is 9.59 Å². The number of carbonyl (C=O) groups is 2. The molecule has 138 valence electrons. The van der Waals surface area contributed by atoms with Crippen LogP contribution in [0.1, 0.15) is 20.7 Å². The number of H-pyrrole nitrogens is 1. The van der Waals surface area contributed by atoms with Crippen molar-refractivity contribution >= 4 is 22.7 Å². The van der Waals surface area contributed by atoms with Crippen molar-refractivity contribution in [1.29, 1.82) is 0 Å². The van der Waals surface area contributed by atoms with Crippen LogP contribution in [-0.2, 0) is 0 Å². The zero-order chi connectivity index (χ0) is 18.8. The van der Waals surface area contributed by atoms with E-state index in [1.807, 2.05) is 41.3 Å². The van der Waals surface area contributed by atoms with Gasteiger partial charge >= 0.3 is 0 Å². The molecule has 1 saturated heterocycles. The third-order valence-electron chi connectivity index (χ3n) is 5.01. The maximum atomic E-state index is 12.9. The van der Waals surface area contributed by atoms with Crippen molar-refractivity contribution < 1.29 is 14.3 Å². The summed E-state index contributed by atoms with van der Waals surface area (Å²) in [5.74, 6) is 0.503. The van der Waals surface area contributed by atoms with E-state index in [1.165, 1.54) is 0 Å². The van der Waals surface area contributed by atoms with Crippen LogP contribution in [0.15, 0.2) is 54.7 Å². The minimum Gasteiger partial charge on any atom is -0.496 e. The average molecular weight is 363 g/mol. The van der Waals surface area contributed by atoms with Gasteiger partial charge in [-0.05, 0) is 18.2 Å². The summed E-state index contributed by atoms with van der Waals surface area (Å²) < 4.78 is 5.29. The van der Waals surface area contributed by atoms with E-state index in [0.29, 0.717) is 43.1 Å². The minimum absolute atomic E-state index is 0.00293. The molecule has 0 aliphatic carbocycles. The highest BCUT2D eigenvalue weighted by Crippen LogP contribution is 2.22. The molecule has 2 heterocycles. The number of nitrogens with zero attached hydrogens (tertiary/aromatic N) is 2. The van der Waals surface area contributed by atoms with E-state index in [0.717, 1.165) is 10.9 Å². The first kappa shape index (κ1) is 17.1. The second-order valence-corrected chi connectivity index (χ2v) is 6.53. The summed E-state index contributed by atoms with van der Waals surface area (Å²) in [5, 5.41) is 0.926. The second kappa shape index (κ2) is 7.15. The number of amides is 2. The number of para-hydroxylation sites is 2. The highest BCUT2D eigenvalue weighted by Gasteiger charge is 2.27. The fourth-order valence-electron chi connectivity index (χ4n) is 3.52. The SMILES string of the molecule is COc1ccccc1C(=O)N1CCN(C(=O)c2c[nH]c3ccccc23)CC1. The van der Waals surface area contributed by atoms with Crippen molar-refractivity contribution in [2.45, 2.75) is 0 Å². The molecule has 0 radical (unpaired) electrons. The largest absolute Gasteiger partial charge is 0.496 e. The van der Waals surface area contributed by atoms with Gasteiger partial charge in [-0.25, -0.2) is 0 Å². The van der Waals surface area contributed by atoms with E-state index in [1.54, 1.807) is 30.3 Å². The molecule has 1 fully saturated rings. The molecule has 1 aliphatic rings. The standard InChI is InChI=1S/C21H21N3O3/c1-27-19-9-5-3-7-16(19)20(25)23-10-12-24(13-11-23)21(26)17-14-22-18-8-4-2-6-15(17)18/h2-9,14,22H,10-13H2,1H3. The van der Waals surface area contributed by atoms with Crippen LogP contribution in [0.4, 0.5) is 0 Å². The van der Waals surface area contributed by atoms with Crippen LogP contribution in [0.3, 0.4) is 0 Å². The first-order chi connectivity index (χ1) is 13.2. The molecule has 1 aliphatic heterocycles. The molecule has 4 rings (SSSR count). The first-order valence-electron chi connectivity index (χ1n) is 8.96. The van der Waals surface area contributed by atoms with Crippen LogP contribution >= 0.6 is 0 Å². The summed E-state index contributed by atoms with van der Waals surface area (Å²) in [4.78, 5) is 32.4. The number of fused-ring (bicyclic) bond motifs is 1. The summed E-state index contributed by atoms with van der Waals surface area (Å²) in [6.45, 7) is 2.04. The van der Waals surface area contributed by atoms with Gasteiger partial charge < -0.3 is 19.5 Å². The van der Waals surface area contributed by atoms with Crippen molar-refractivity contribution in [3.63, 3.8) is 0 Å². The number of aromatic amines is 1. The van der Waals surface area contributed by atoms with Crippen molar-refractivity contribution in [1.82, 2.24) is 14.8 Å². The fourth-order valence-corrected chi connectivity index (χ4v) is 3.52. The molecule has 2 amide bonds. The summed E-state index contributed by atoms with van der Waals surface area (Å²) >= 11 is 0. The number of benzene rings is 2. The molecule has 0 bridgehead atoms.